The third-order valence-electron chi connectivity index (χ3n) is 2.77. The summed E-state index contributed by atoms with van der Waals surface area (Å²) in [6.07, 6.45) is 0. The smallest absolute Gasteiger partial charge is 0.0731 e. The van der Waals surface area contributed by atoms with Gasteiger partial charge in [-0.3, -0.25) is 0 Å². The average Bonchev–Trinajstić information content (AvgIpc) is 2.68. The predicted molar refractivity (Wildman–Crippen MR) is 86.4 cm³/mol. The first-order valence-corrected chi connectivity index (χ1v) is 8.26. The Morgan fingerprint density at radius 3 is 2.39 bits per heavy atom. The monoisotopic (exact) mass is 387 g/mol. The first kappa shape index (κ1) is 14.3. The Morgan fingerprint density at radius 1 is 1.22 bits per heavy atom. The van der Waals surface area contributed by atoms with E-state index in [1.165, 1.54) is 19.8 Å². The van der Waals surface area contributed by atoms with Gasteiger partial charge in [-0.15, -0.1) is 11.3 Å². The van der Waals surface area contributed by atoms with Gasteiger partial charge < -0.3 is 5.32 Å². The molecule has 1 nitrogen and oxygen atoms in total. The van der Waals surface area contributed by atoms with Crippen molar-refractivity contribution in [3.05, 3.63) is 54.6 Å². The summed E-state index contributed by atoms with van der Waals surface area (Å²) in [6, 6.07) is 11.0. The van der Waals surface area contributed by atoms with E-state index in [2.05, 4.69) is 81.4 Å². The van der Waals surface area contributed by atoms with E-state index < -0.39 is 0 Å². The van der Waals surface area contributed by atoms with Crippen LogP contribution in [0.5, 0.6) is 0 Å². The van der Waals surface area contributed by atoms with Crippen LogP contribution in [0.3, 0.4) is 0 Å². The zero-order valence-electron chi connectivity index (χ0n) is 10.3. The van der Waals surface area contributed by atoms with Crippen LogP contribution in [-0.2, 0) is 0 Å². The van der Waals surface area contributed by atoms with E-state index >= 15 is 0 Å². The first-order chi connectivity index (χ1) is 8.61. The molecule has 0 aliphatic heterocycles. The minimum absolute atomic E-state index is 0.276. The van der Waals surface area contributed by atoms with Gasteiger partial charge in [0, 0.05) is 9.35 Å². The molecule has 2 aromatic rings. The van der Waals surface area contributed by atoms with Gasteiger partial charge in [0.2, 0.25) is 0 Å². The summed E-state index contributed by atoms with van der Waals surface area (Å²) in [5.41, 5.74) is 2.60. The maximum atomic E-state index is 3.60. The van der Waals surface area contributed by atoms with Crippen LogP contribution in [0.25, 0.3) is 0 Å². The van der Waals surface area contributed by atoms with E-state index in [1.807, 2.05) is 0 Å². The van der Waals surface area contributed by atoms with Crippen molar-refractivity contribution >= 4 is 43.2 Å². The van der Waals surface area contributed by atoms with Gasteiger partial charge in [0.15, 0.2) is 0 Å². The fraction of sp³-hybridized carbons (Fsp3) is 0.286. The van der Waals surface area contributed by atoms with Crippen LogP contribution in [-0.4, -0.2) is 6.54 Å². The van der Waals surface area contributed by atoms with Crippen molar-refractivity contribution in [1.29, 1.82) is 0 Å². The summed E-state index contributed by atoms with van der Waals surface area (Å²) in [5.74, 6) is 0. The Hall–Kier alpha value is -0.160. The van der Waals surface area contributed by atoms with Gasteiger partial charge in [-0.1, -0.05) is 35.0 Å². The van der Waals surface area contributed by atoms with Gasteiger partial charge in [-0.2, -0.15) is 0 Å². The Kier molecular flexibility index (Phi) is 5.01. The van der Waals surface area contributed by atoms with Crippen molar-refractivity contribution in [1.82, 2.24) is 5.32 Å². The molecule has 4 heteroatoms. The number of benzene rings is 1. The normalized spacial score (nSPS) is 12.7. The predicted octanol–water partition coefficient (Wildman–Crippen LogP) is 5.28. The maximum absolute atomic E-state index is 3.60. The Labute approximate surface area is 129 Å². The minimum Gasteiger partial charge on any atom is -0.306 e. The number of nitrogens with one attached hydrogen (secondary N) is 1. The fourth-order valence-electron chi connectivity index (χ4n) is 1.87. The van der Waals surface area contributed by atoms with E-state index in [0.717, 1.165) is 11.0 Å². The molecule has 0 radical (unpaired) electrons. The number of hydrogen-bond acceptors (Lipinski definition) is 2. The van der Waals surface area contributed by atoms with E-state index in [1.54, 1.807) is 11.3 Å². The second-order valence-electron chi connectivity index (χ2n) is 4.15. The molecule has 0 spiro atoms. The quantitative estimate of drug-likeness (QED) is 0.751. The zero-order valence-corrected chi connectivity index (χ0v) is 14.3. The Balaban J connectivity index is 2.36. The molecule has 2 rings (SSSR count). The van der Waals surface area contributed by atoms with Gasteiger partial charge in [-0.05, 0) is 58.7 Å². The van der Waals surface area contributed by atoms with Gasteiger partial charge in [0.1, 0.15) is 0 Å². The highest BCUT2D eigenvalue weighted by molar-refractivity contribution is 9.11. The number of hydrogen-bond donors (Lipinski definition) is 1. The summed E-state index contributed by atoms with van der Waals surface area (Å²) < 4.78 is 2.34. The van der Waals surface area contributed by atoms with Gasteiger partial charge in [0.05, 0.1) is 9.83 Å². The van der Waals surface area contributed by atoms with Crippen LogP contribution in [0, 0.1) is 6.92 Å². The van der Waals surface area contributed by atoms with Gasteiger partial charge in [-0.25, -0.2) is 0 Å². The highest BCUT2D eigenvalue weighted by Crippen LogP contribution is 2.34. The van der Waals surface area contributed by atoms with Crippen molar-refractivity contribution in [3.8, 4) is 0 Å². The summed E-state index contributed by atoms with van der Waals surface area (Å²) >= 11 is 8.89. The highest BCUT2D eigenvalue weighted by Gasteiger charge is 2.16. The zero-order chi connectivity index (χ0) is 13.1. The molecule has 0 aliphatic carbocycles. The van der Waals surface area contributed by atoms with Crippen molar-refractivity contribution in [3.63, 3.8) is 0 Å². The van der Waals surface area contributed by atoms with E-state index in [0.29, 0.717) is 0 Å². The van der Waals surface area contributed by atoms with Crippen LogP contribution in [0.4, 0.5) is 0 Å². The van der Waals surface area contributed by atoms with Crippen LogP contribution >= 0.6 is 43.2 Å². The molecule has 0 amide bonds. The van der Waals surface area contributed by atoms with Crippen molar-refractivity contribution < 1.29 is 0 Å². The lowest BCUT2D eigenvalue weighted by molar-refractivity contribution is 0.639. The number of rotatable bonds is 4. The van der Waals surface area contributed by atoms with Crippen LogP contribution in [0.15, 0.2) is 38.6 Å². The van der Waals surface area contributed by atoms with Crippen molar-refractivity contribution in [2.24, 2.45) is 0 Å². The molecule has 1 N–H and O–H groups in total. The van der Waals surface area contributed by atoms with E-state index in [-0.39, 0.29) is 6.04 Å². The molecule has 0 saturated carbocycles. The SMILES string of the molecule is CCNC(c1ccc(Br)cc1)c1cc(C)c(Br)s1. The maximum Gasteiger partial charge on any atom is 0.0731 e. The molecule has 1 atom stereocenters. The Morgan fingerprint density at radius 2 is 1.89 bits per heavy atom. The summed E-state index contributed by atoms with van der Waals surface area (Å²) in [7, 11) is 0. The highest BCUT2D eigenvalue weighted by atomic mass is 79.9. The summed E-state index contributed by atoms with van der Waals surface area (Å²) in [6.45, 7) is 5.23. The molecule has 1 unspecified atom stereocenters. The molecule has 0 saturated heterocycles. The lowest BCUT2D eigenvalue weighted by atomic mass is 10.1. The Bertz CT molecular complexity index is 500. The van der Waals surface area contributed by atoms with Crippen LogP contribution in [0.1, 0.15) is 29.0 Å². The molecule has 0 bridgehead atoms. The third-order valence-corrected chi connectivity index (χ3v) is 5.50. The molecule has 0 fully saturated rings. The largest absolute Gasteiger partial charge is 0.306 e. The molecule has 1 aromatic heterocycles. The second-order valence-corrected chi connectivity index (χ2v) is 7.47. The molecular weight excluding hydrogens is 374 g/mol. The molecular formula is C14H15Br2NS. The standard InChI is InChI=1S/C14H15Br2NS/c1-3-17-13(10-4-6-11(15)7-5-10)12-8-9(2)14(16)18-12/h4-8,13,17H,3H2,1-2H3. The van der Waals surface area contributed by atoms with Gasteiger partial charge >= 0.3 is 0 Å². The topological polar surface area (TPSA) is 12.0 Å². The van der Waals surface area contributed by atoms with Gasteiger partial charge in [0.25, 0.3) is 0 Å². The fourth-order valence-corrected chi connectivity index (χ4v) is 3.81. The average molecular weight is 389 g/mol. The number of halogens is 2. The third kappa shape index (κ3) is 3.23. The summed E-state index contributed by atoms with van der Waals surface area (Å²) in [5, 5.41) is 3.55. The molecule has 1 heterocycles. The lowest BCUT2D eigenvalue weighted by Crippen LogP contribution is -2.20. The van der Waals surface area contributed by atoms with Crippen molar-refractivity contribution in [2.75, 3.05) is 6.54 Å². The van der Waals surface area contributed by atoms with E-state index in [4.69, 9.17) is 0 Å². The van der Waals surface area contributed by atoms with E-state index in [9.17, 15) is 0 Å². The minimum atomic E-state index is 0.276. The summed E-state index contributed by atoms with van der Waals surface area (Å²) in [4.78, 5) is 1.35. The number of thiophene rings is 1. The molecule has 0 aliphatic rings. The van der Waals surface area contributed by atoms with Crippen molar-refractivity contribution in [2.45, 2.75) is 19.9 Å². The molecule has 1 aromatic carbocycles. The first-order valence-electron chi connectivity index (χ1n) is 5.86. The van der Waals surface area contributed by atoms with Crippen LogP contribution in [0.2, 0.25) is 0 Å². The molecule has 96 valence electrons. The second kappa shape index (κ2) is 6.33. The number of aryl methyl sites for hydroxylation is 1. The lowest BCUT2D eigenvalue weighted by Gasteiger charge is -2.17. The van der Waals surface area contributed by atoms with Crippen LogP contribution < -0.4 is 5.32 Å². The molecule has 18 heavy (non-hydrogen) atoms.